The lowest BCUT2D eigenvalue weighted by Crippen LogP contribution is -2.04. The van der Waals surface area contributed by atoms with Crippen LogP contribution in [0.15, 0.2) is 35.0 Å². The van der Waals surface area contributed by atoms with Crippen LogP contribution in [-0.2, 0) is 6.18 Å². The second kappa shape index (κ2) is 4.11. The first-order valence-electron chi connectivity index (χ1n) is 4.38. The van der Waals surface area contributed by atoms with Crippen molar-refractivity contribution in [1.82, 2.24) is 0 Å². The molecule has 1 aromatic carbocycles. The van der Waals surface area contributed by atoms with Gasteiger partial charge >= 0.3 is 6.18 Å². The van der Waals surface area contributed by atoms with Crippen molar-refractivity contribution in [2.24, 2.45) is 0 Å². The molecule has 84 valence electrons. The number of thiophene rings is 1. The van der Waals surface area contributed by atoms with Gasteiger partial charge in [-0.15, -0.1) is 0 Å². The zero-order valence-corrected chi connectivity index (χ0v) is 9.46. The molecule has 0 nitrogen and oxygen atoms in total. The monoisotopic (exact) mass is 262 g/mol. The third-order valence-corrected chi connectivity index (χ3v) is 3.12. The molecule has 0 saturated carbocycles. The number of benzene rings is 1. The van der Waals surface area contributed by atoms with E-state index in [1.807, 2.05) is 16.8 Å². The predicted molar refractivity (Wildman–Crippen MR) is 59.8 cm³/mol. The molecule has 0 aliphatic carbocycles. The topological polar surface area (TPSA) is 0 Å². The number of hydrogen-bond acceptors (Lipinski definition) is 1. The van der Waals surface area contributed by atoms with Gasteiger partial charge in [-0.2, -0.15) is 24.5 Å². The van der Waals surface area contributed by atoms with Crippen LogP contribution in [0.5, 0.6) is 0 Å². The van der Waals surface area contributed by atoms with E-state index in [9.17, 15) is 13.2 Å². The highest BCUT2D eigenvalue weighted by atomic mass is 35.5. The summed E-state index contributed by atoms with van der Waals surface area (Å²) < 4.78 is 37.2. The first-order valence-corrected chi connectivity index (χ1v) is 5.70. The number of hydrogen-bond donors (Lipinski definition) is 0. The highest BCUT2D eigenvalue weighted by Crippen LogP contribution is 2.35. The van der Waals surface area contributed by atoms with Gasteiger partial charge in [0.1, 0.15) is 0 Å². The summed E-state index contributed by atoms with van der Waals surface area (Å²) >= 11 is 7.30. The first kappa shape index (κ1) is 11.5. The van der Waals surface area contributed by atoms with Crippen LogP contribution >= 0.6 is 22.9 Å². The molecule has 0 saturated heterocycles. The van der Waals surface area contributed by atoms with Gasteiger partial charge in [-0.05, 0) is 34.5 Å². The van der Waals surface area contributed by atoms with E-state index in [0.29, 0.717) is 5.56 Å². The normalized spacial score (nSPS) is 11.8. The van der Waals surface area contributed by atoms with E-state index in [1.54, 1.807) is 0 Å². The van der Waals surface area contributed by atoms with Gasteiger partial charge in [0.2, 0.25) is 0 Å². The Balaban J connectivity index is 2.46. The molecule has 0 bridgehead atoms. The summed E-state index contributed by atoms with van der Waals surface area (Å²) in [7, 11) is 0. The third kappa shape index (κ3) is 2.23. The fourth-order valence-electron chi connectivity index (χ4n) is 1.34. The van der Waals surface area contributed by atoms with Crippen LogP contribution in [0.2, 0.25) is 5.02 Å². The van der Waals surface area contributed by atoms with Crippen LogP contribution < -0.4 is 0 Å². The predicted octanol–water partition coefficient (Wildman–Crippen LogP) is 5.09. The van der Waals surface area contributed by atoms with Crippen LogP contribution in [0, 0.1) is 0 Å². The largest absolute Gasteiger partial charge is 0.416 e. The smallest absolute Gasteiger partial charge is 0.166 e. The minimum Gasteiger partial charge on any atom is -0.166 e. The standard InChI is InChI=1S/C11H6ClF3S/c12-10-5-8(11(13,14)15)1-2-9(10)7-3-4-16-6-7/h1-6H. The van der Waals surface area contributed by atoms with Gasteiger partial charge in [0, 0.05) is 10.6 Å². The summed E-state index contributed by atoms with van der Waals surface area (Å²) in [5, 5.41) is 3.81. The molecule has 0 unspecified atom stereocenters. The van der Waals surface area contributed by atoms with Crippen LogP contribution in [0.3, 0.4) is 0 Å². The molecule has 0 aliphatic rings. The maximum absolute atomic E-state index is 12.4. The molecule has 5 heteroatoms. The summed E-state index contributed by atoms with van der Waals surface area (Å²) in [6.45, 7) is 0. The first-order chi connectivity index (χ1) is 7.48. The molecular weight excluding hydrogens is 257 g/mol. The molecule has 0 amide bonds. The van der Waals surface area contributed by atoms with E-state index < -0.39 is 11.7 Å². The van der Waals surface area contributed by atoms with Gasteiger partial charge < -0.3 is 0 Å². The van der Waals surface area contributed by atoms with Gasteiger partial charge in [0.25, 0.3) is 0 Å². The second-order valence-electron chi connectivity index (χ2n) is 3.20. The Labute approximate surface area is 99.3 Å². The average molecular weight is 263 g/mol. The minimum absolute atomic E-state index is 0.119. The summed E-state index contributed by atoms with van der Waals surface area (Å²) in [6, 6.07) is 5.21. The molecule has 0 radical (unpaired) electrons. The maximum atomic E-state index is 12.4. The van der Waals surface area contributed by atoms with Crippen LogP contribution in [0.25, 0.3) is 11.1 Å². The Morgan fingerprint density at radius 1 is 1.12 bits per heavy atom. The van der Waals surface area contributed by atoms with Crippen LogP contribution in [0.1, 0.15) is 5.56 Å². The molecule has 1 aromatic heterocycles. The molecule has 0 N–H and O–H groups in total. The lowest BCUT2D eigenvalue weighted by molar-refractivity contribution is -0.137. The fraction of sp³-hybridized carbons (Fsp3) is 0.0909. The van der Waals surface area contributed by atoms with E-state index in [4.69, 9.17) is 11.6 Å². The zero-order chi connectivity index (χ0) is 11.8. The number of halogens is 4. The summed E-state index contributed by atoms with van der Waals surface area (Å²) in [4.78, 5) is 0. The molecular formula is C11H6ClF3S. The van der Waals surface area contributed by atoms with E-state index >= 15 is 0 Å². The Morgan fingerprint density at radius 3 is 2.38 bits per heavy atom. The van der Waals surface area contributed by atoms with Crippen molar-refractivity contribution in [3.8, 4) is 11.1 Å². The van der Waals surface area contributed by atoms with Crippen molar-refractivity contribution < 1.29 is 13.2 Å². The number of rotatable bonds is 1. The fourth-order valence-corrected chi connectivity index (χ4v) is 2.29. The van der Waals surface area contributed by atoms with Gasteiger partial charge in [-0.1, -0.05) is 17.7 Å². The summed E-state index contributed by atoms with van der Waals surface area (Å²) in [6.07, 6.45) is -4.35. The Morgan fingerprint density at radius 2 is 1.88 bits per heavy atom. The van der Waals surface area contributed by atoms with E-state index in [-0.39, 0.29) is 5.02 Å². The molecule has 0 fully saturated rings. The van der Waals surface area contributed by atoms with Gasteiger partial charge in [0.15, 0.2) is 0 Å². The van der Waals surface area contributed by atoms with Gasteiger partial charge in [-0.3, -0.25) is 0 Å². The Kier molecular flexibility index (Phi) is 2.95. The number of alkyl halides is 3. The van der Waals surface area contributed by atoms with Crippen LogP contribution in [-0.4, -0.2) is 0 Å². The van der Waals surface area contributed by atoms with Gasteiger partial charge in [-0.25, -0.2) is 0 Å². The Hall–Kier alpha value is -1.00. The van der Waals surface area contributed by atoms with Crippen molar-refractivity contribution >= 4 is 22.9 Å². The lowest BCUT2D eigenvalue weighted by Gasteiger charge is -2.09. The maximum Gasteiger partial charge on any atom is 0.416 e. The molecule has 1 heterocycles. The minimum atomic E-state index is -4.35. The highest BCUT2D eigenvalue weighted by molar-refractivity contribution is 7.08. The van der Waals surface area contributed by atoms with Crippen molar-refractivity contribution in [2.75, 3.05) is 0 Å². The molecule has 0 aliphatic heterocycles. The van der Waals surface area contributed by atoms with Crippen molar-refractivity contribution in [2.45, 2.75) is 6.18 Å². The van der Waals surface area contributed by atoms with Gasteiger partial charge in [0.05, 0.1) is 5.56 Å². The quantitative estimate of drug-likeness (QED) is 0.672. The van der Waals surface area contributed by atoms with Crippen molar-refractivity contribution in [1.29, 1.82) is 0 Å². The Bertz CT molecular complexity index is 488. The average Bonchev–Trinajstić information content (AvgIpc) is 2.69. The summed E-state index contributed by atoms with van der Waals surface area (Å²) in [5.41, 5.74) is 0.733. The van der Waals surface area contributed by atoms with Crippen molar-refractivity contribution in [3.05, 3.63) is 45.6 Å². The molecule has 0 spiro atoms. The van der Waals surface area contributed by atoms with Crippen molar-refractivity contribution in [3.63, 3.8) is 0 Å². The second-order valence-corrected chi connectivity index (χ2v) is 4.39. The lowest BCUT2D eigenvalue weighted by atomic mass is 10.1. The third-order valence-electron chi connectivity index (χ3n) is 2.13. The van der Waals surface area contributed by atoms with E-state index in [0.717, 1.165) is 17.7 Å². The SMILES string of the molecule is FC(F)(F)c1ccc(-c2ccsc2)c(Cl)c1. The highest BCUT2D eigenvalue weighted by Gasteiger charge is 2.30. The molecule has 16 heavy (non-hydrogen) atoms. The summed E-state index contributed by atoms with van der Waals surface area (Å²) in [5.74, 6) is 0. The molecule has 0 atom stereocenters. The molecule has 2 rings (SSSR count). The van der Waals surface area contributed by atoms with Crippen LogP contribution in [0.4, 0.5) is 13.2 Å². The zero-order valence-electron chi connectivity index (χ0n) is 7.88. The van der Waals surface area contributed by atoms with E-state index in [1.165, 1.54) is 17.4 Å². The molecule has 2 aromatic rings. The van der Waals surface area contributed by atoms with E-state index in [2.05, 4.69) is 0 Å².